The lowest BCUT2D eigenvalue weighted by atomic mass is 10.2. The van der Waals surface area contributed by atoms with Gasteiger partial charge in [-0.05, 0) is 31.9 Å². The predicted molar refractivity (Wildman–Crippen MR) is 82.9 cm³/mol. The Bertz CT molecular complexity index is 516. The summed E-state index contributed by atoms with van der Waals surface area (Å²) >= 11 is 12.0. The van der Waals surface area contributed by atoms with Crippen LogP contribution >= 0.6 is 23.2 Å². The second-order valence-corrected chi connectivity index (χ2v) is 6.13. The zero-order chi connectivity index (χ0) is 15.4. The fourth-order valence-electron chi connectivity index (χ4n) is 2.48. The van der Waals surface area contributed by atoms with E-state index in [0.29, 0.717) is 16.3 Å². The molecule has 1 aromatic carbocycles. The Morgan fingerprint density at radius 1 is 1.43 bits per heavy atom. The van der Waals surface area contributed by atoms with E-state index in [1.807, 2.05) is 0 Å². The number of ether oxygens (including phenoxy) is 1. The van der Waals surface area contributed by atoms with Gasteiger partial charge in [0.05, 0.1) is 11.6 Å². The molecule has 1 saturated carbocycles. The highest BCUT2D eigenvalue weighted by Crippen LogP contribution is 2.33. The number of hydrogen-bond donors (Lipinski definition) is 2. The highest BCUT2D eigenvalue weighted by molar-refractivity contribution is 6.35. The van der Waals surface area contributed by atoms with Crippen LogP contribution in [0, 0.1) is 0 Å². The third-order valence-electron chi connectivity index (χ3n) is 3.62. The van der Waals surface area contributed by atoms with Crippen LogP contribution in [0.3, 0.4) is 0 Å². The number of halogens is 2. The fraction of sp³-hybridized carbons (Fsp3) is 0.533. The Kier molecular flexibility index (Phi) is 5.73. The molecule has 1 atom stereocenters. The SMILES string of the molecule is CC(Oc1c(Cl)cc(Cl)cc1CO)C(=O)NC1CCCC1. The van der Waals surface area contributed by atoms with Crippen LogP contribution in [-0.2, 0) is 11.4 Å². The van der Waals surface area contributed by atoms with E-state index in [2.05, 4.69) is 5.32 Å². The number of benzene rings is 1. The zero-order valence-corrected chi connectivity index (χ0v) is 13.4. The average molecular weight is 332 g/mol. The third-order valence-corrected chi connectivity index (χ3v) is 4.12. The average Bonchev–Trinajstić information content (AvgIpc) is 2.94. The monoisotopic (exact) mass is 331 g/mol. The van der Waals surface area contributed by atoms with E-state index in [1.54, 1.807) is 13.0 Å². The Morgan fingerprint density at radius 3 is 2.71 bits per heavy atom. The molecule has 0 spiro atoms. The Morgan fingerprint density at radius 2 is 2.10 bits per heavy atom. The lowest BCUT2D eigenvalue weighted by Gasteiger charge is -2.20. The third kappa shape index (κ3) is 4.25. The summed E-state index contributed by atoms with van der Waals surface area (Å²) in [6.45, 7) is 1.41. The van der Waals surface area contributed by atoms with Crippen molar-refractivity contribution in [2.45, 2.75) is 51.4 Å². The molecule has 2 rings (SSSR count). The molecule has 4 nitrogen and oxygen atoms in total. The van der Waals surface area contributed by atoms with Crippen molar-refractivity contribution in [3.8, 4) is 5.75 Å². The maximum Gasteiger partial charge on any atom is 0.260 e. The number of amides is 1. The topological polar surface area (TPSA) is 58.6 Å². The molecule has 0 saturated heterocycles. The van der Waals surface area contributed by atoms with Gasteiger partial charge >= 0.3 is 0 Å². The number of hydrogen-bond acceptors (Lipinski definition) is 3. The molecule has 1 unspecified atom stereocenters. The number of carbonyl (C=O) groups is 1. The van der Waals surface area contributed by atoms with E-state index in [-0.39, 0.29) is 23.6 Å². The van der Waals surface area contributed by atoms with Crippen molar-refractivity contribution >= 4 is 29.1 Å². The molecule has 1 amide bonds. The lowest BCUT2D eigenvalue weighted by molar-refractivity contribution is -0.128. The number of carbonyl (C=O) groups excluding carboxylic acids is 1. The second-order valence-electron chi connectivity index (χ2n) is 5.28. The molecule has 1 aliphatic rings. The van der Waals surface area contributed by atoms with Gasteiger partial charge < -0.3 is 15.2 Å². The van der Waals surface area contributed by atoms with Crippen LogP contribution in [0.5, 0.6) is 5.75 Å². The molecule has 0 bridgehead atoms. The molecule has 21 heavy (non-hydrogen) atoms. The summed E-state index contributed by atoms with van der Waals surface area (Å²) in [4.78, 5) is 12.1. The van der Waals surface area contributed by atoms with Crippen LogP contribution in [0.4, 0.5) is 0 Å². The van der Waals surface area contributed by atoms with Crippen molar-refractivity contribution in [3.63, 3.8) is 0 Å². The van der Waals surface area contributed by atoms with Gasteiger partial charge in [0.25, 0.3) is 5.91 Å². The molecular formula is C15H19Cl2NO3. The molecule has 6 heteroatoms. The van der Waals surface area contributed by atoms with Crippen LogP contribution in [0.25, 0.3) is 0 Å². The second kappa shape index (κ2) is 7.34. The molecular weight excluding hydrogens is 313 g/mol. The Labute approximate surface area is 134 Å². The first-order valence-corrected chi connectivity index (χ1v) is 7.82. The summed E-state index contributed by atoms with van der Waals surface area (Å²) in [5.74, 6) is 0.134. The summed E-state index contributed by atoms with van der Waals surface area (Å²) in [6.07, 6.45) is 3.65. The maximum atomic E-state index is 12.1. The summed E-state index contributed by atoms with van der Waals surface area (Å²) in [6, 6.07) is 3.34. The Balaban J connectivity index is 2.04. The highest BCUT2D eigenvalue weighted by Gasteiger charge is 2.23. The number of aliphatic hydroxyl groups is 1. The van der Waals surface area contributed by atoms with Crippen molar-refractivity contribution in [2.75, 3.05) is 0 Å². The molecule has 0 heterocycles. The first-order chi connectivity index (χ1) is 10.0. The quantitative estimate of drug-likeness (QED) is 0.870. The molecule has 0 aromatic heterocycles. The number of rotatable bonds is 5. The van der Waals surface area contributed by atoms with Gasteiger partial charge in [0.15, 0.2) is 6.10 Å². The van der Waals surface area contributed by atoms with Crippen LogP contribution in [-0.4, -0.2) is 23.2 Å². The molecule has 0 radical (unpaired) electrons. The van der Waals surface area contributed by atoms with Crippen molar-refractivity contribution in [1.29, 1.82) is 0 Å². The van der Waals surface area contributed by atoms with E-state index < -0.39 is 6.10 Å². The van der Waals surface area contributed by atoms with E-state index >= 15 is 0 Å². The van der Waals surface area contributed by atoms with Gasteiger partial charge in [-0.15, -0.1) is 0 Å². The van der Waals surface area contributed by atoms with E-state index in [1.165, 1.54) is 6.07 Å². The highest BCUT2D eigenvalue weighted by atomic mass is 35.5. The van der Waals surface area contributed by atoms with Crippen molar-refractivity contribution in [3.05, 3.63) is 27.7 Å². The Hall–Kier alpha value is -0.970. The van der Waals surface area contributed by atoms with Gasteiger partial charge in [0.1, 0.15) is 5.75 Å². The molecule has 116 valence electrons. The summed E-state index contributed by atoms with van der Waals surface area (Å²) in [7, 11) is 0. The standard InChI is InChI=1S/C15H19Cl2NO3/c1-9(15(20)18-12-4-2-3-5-12)21-14-10(8-19)6-11(16)7-13(14)17/h6-7,9,12,19H,2-5,8H2,1H3,(H,18,20). The fourth-order valence-corrected chi connectivity index (χ4v) is 3.06. The van der Waals surface area contributed by atoms with Gasteiger partial charge in [0.2, 0.25) is 0 Å². The van der Waals surface area contributed by atoms with Crippen LogP contribution in [0.2, 0.25) is 10.0 Å². The van der Waals surface area contributed by atoms with Crippen LogP contribution in [0.15, 0.2) is 12.1 Å². The minimum atomic E-state index is -0.686. The van der Waals surface area contributed by atoms with Gasteiger partial charge in [-0.3, -0.25) is 4.79 Å². The van der Waals surface area contributed by atoms with Gasteiger partial charge in [-0.25, -0.2) is 0 Å². The zero-order valence-electron chi connectivity index (χ0n) is 11.9. The first kappa shape index (κ1) is 16.4. The molecule has 2 N–H and O–H groups in total. The van der Waals surface area contributed by atoms with E-state index in [9.17, 15) is 9.90 Å². The minimum Gasteiger partial charge on any atom is -0.479 e. The van der Waals surface area contributed by atoms with Gasteiger partial charge in [0, 0.05) is 16.6 Å². The largest absolute Gasteiger partial charge is 0.479 e. The normalized spacial score (nSPS) is 16.8. The molecule has 0 aliphatic heterocycles. The number of aliphatic hydroxyl groups excluding tert-OH is 1. The van der Waals surface area contributed by atoms with E-state index in [4.69, 9.17) is 27.9 Å². The van der Waals surface area contributed by atoms with Crippen molar-refractivity contribution in [1.82, 2.24) is 5.32 Å². The van der Waals surface area contributed by atoms with Crippen molar-refractivity contribution < 1.29 is 14.6 Å². The first-order valence-electron chi connectivity index (χ1n) is 7.07. The molecule has 1 aromatic rings. The summed E-state index contributed by atoms with van der Waals surface area (Å²) in [5.41, 5.74) is 0.466. The summed E-state index contributed by atoms with van der Waals surface area (Å²) < 4.78 is 5.63. The van der Waals surface area contributed by atoms with Crippen molar-refractivity contribution in [2.24, 2.45) is 0 Å². The maximum absolute atomic E-state index is 12.1. The van der Waals surface area contributed by atoms with Crippen LogP contribution < -0.4 is 10.1 Å². The molecule has 1 fully saturated rings. The number of nitrogens with one attached hydrogen (secondary N) is 1. The van der Waals surface area contributed by atoms with Gasteiger partial charge in [-0.2, -0.15) is 0 Å². The summed E-state index contributed by atoms with van der Waals surface area (Å²) in [5, 5.41) is 13.0. The van der Waals surface area contributed by atoms with Crippen LogP contribution in [0.1, 0.15) is 38.2 Å². The van der Waals surface area contributed by atoms with E-state index in [0.717, 1.165) is 25.7 Å². The predicted octanol–water partition coefficient (Wildman–Crippen LogP) is 3.31. The smallest absolute Gasteiger partial charge is 0.260 e. The molecule has 1 aliphatic carbocycles. The van der Waals surface area contributed by atoms with Gasteiger partial charge in [-0.1, -0.05) is 36.0 Å². The lowest BCUT2D eigenvalue weighted by Crippen LogP contribution is -2.41. The minimum absolute atomic E-state index is 0.170.